The molecule has 0 aromatic carbocycles. The summed E-state index contributed by atoms with van der Waals surface area (Å²) in [5.74, 6) is 2.56. The molecule has 0 aromatic heterocycles. The summed E-state index contributed by atoms with van der Waals surface area (Å²) in [6, 6.07) is 0. The van der Waals surface area contributed by atoms with Crippen LogP contribution in [-0.2, 0) is 4.79 Å². The summed E-state index contributed by atoms with van der Waals surface area (Å²) >= 11 is 0. The molecule has 3 unspecified atom stereocenters. The van der Waals surface area contributed by atoms with E-state index < -0.39 is 0 Å². The second-order valence-electron chi connectivity index (χ2n) is 4.61. The number of amides is 1. The molecule has 1 saturated heterocycles. The van der Waals surface area contributed by atoms with E-state index in [0.717, 1.165) is 36.9 Å². The lowest BCUT2D eigenvalue weighted by molar-refractivity contribution is -0.125. The van der Waals surface area contributed by atoms with Crippen LogP contribution in [-0.4, -0.2) is 17.4 Å². The lowest BCUT2D eigenvalue weighted by Gasteiger charge is -2.18. The first-order chi connectivity index (χ1) is 6.77. The summed E-state index contributed by atoms with van der Waals surface area (Å²) in [5.41, 5.74) is 1.15. The smallest absolute Gasteiger partial charge is 0.227 e. The molecule has 14 heavy (non-hydrogen) atoms. The molecule has 1 saturated carbocycles. The van der Waals surface area contributed by atoms with E-state index in [9.17, 15) is 4.79 Å². The monoisotopic (exact) mass is 189 g/mol. The molecule has 0 N–H and O–H groups in total. The standard InChI is InChI=1S/C12H15NO/c1-8-10-5-4-9(7-11(8)10)13-6-2-3-12(13)14/h4-5,7-8,10-11H,2-3,6H2,1H3. The molecular formula is C12H15NO. The van der Waals surface area contributed by atoms with E-state index in [1.165, 1.54) is 0 Å². The second-order valence-corrected chi connectivity index (χ2v) is 4.61. The Bertz CT molecular complexity index is 342. The Morgan fingerprint density at radius 1 is 1.43 bits per heavy atom. The Kier molecular flexibility index (Phi) is 1.61. The van der Waals surface area contributed by atoms with Crippen LogP contribution in [0.5, 0.6) is 0 Å². The predicted octanol–water partition coefficient (Wildman–Crippen LogP) is 1.94. The number of nitrogens with zero attached hydrogens (tertiary/aromatic N) is 1. The fraction of sp³-hybridized carbons (Fsp3) is 0.583. The lowest BCUT2D eigenvalue weighted by Crippen LogP contribution is -2.23. The van der Waals surface area contributed by atoms with Crippen LogP contribution in [0.25, 0.3) is 0 Å². The number of hydrogen-bond donors (Lipinski definition) is 0. The zero-order chi connectivity index (χ0) is 9.71. The fourth-order valence-electron chi connectivity index (χ4n) is 2.66. The maximum Gasteiger partial charge on any atom is 0.227 e. The molecule has 3 atom stereocenters. The Morgan fingerprint density at radius 3 is 2.93 bits per heavy atom. The van der Waals surface area contributed by atoms with E-state index in [1.807, 2.05) is 4.90 Å². The van der Waals surface area contributed by atoms with Crippen molar-refractivity contribution in [3.8, 4) is 0 Å². The summed E-state index contributed by atoms with van der Waals surface area (Å²) in [6.45, 7) is 3.20. The van der Waals surface area contributed by atoms with Gasteiger partial charge in [-0.05, 0) is 30.3 Å². The van der Waals surface area contributed by atoms with Gasteiger partial charge in [-0.3, -0.25) is 4.79 Å². The van der Waals surface area contributed by atoms with E-state index in [0.29, 0.717) is 11.8 Å². The van der Waals surface area contributed by atoms with Gasteiger partial charge < -0.3 is 4.90 Å². The van der Waals surface area contributed by atoms with Crippen LogP contribution in [0.15, 0.2) is 23.9 Å². The third-order valence-electron chi connectivity index (χ3n) is 3.76. The number of carbonyl (C=O) groups excluding carboxylic acids is 1. The lowest BCUT2D eigenvalue weighted by atomic mass is 10.1. The van der Waals surface area contributed by atoms with Crippen molar-refractivity contribution in [3.63, 3.8) is 0 Å². The third kappa shape index (κ3) is 1.06. The van der Waals surface area contributed by atoms with Gasteiger partial charge in [0, 0.05) is 18.7 Å². The highest BCUT2D eigenvalue weighted by molar-refractivity contribution is 5.80. The van der Waals surface area contributed by atoms with E-state index in [4.69, 9.17) is 0 Å². The van der Waals surface area contributed by atoms with Crippen molar-refractivity contribution in [3.05, 3.63) is 23.9 Å². The molecule has 2 nitrogen and oxygen atoms in total. The molecule has 0 radical (unpaired) electrons. The summed E-state index contributed by atoms with van der Waals surface area (Å²) in [7, 11) is 0. The molecule has 1 aliphatic heterocycles. The predicted molar refractivity (Wildman–Crippen MR) is 54.3 cm³/mol. The van der Waals surface area contributed by atoms with Gasteiger partial charge in [-0.25, -0.2) is 0 Å². The van der Waals surface area contributed by atoms with Gasteiger partial charge in [-0.15, -0.1) is 0 Å². The van der Waals surface area contributed by atoms with Crippen LogP contribution >= 0.6 is 0 Å². The normalized spacial score (nSPS) is 39.8. The van der Waals surface area contributed by atoms with E-state index in [2.05, 4.69) is 25.2 Å². The minimum absolute atomic E-state index is 0.299. The van der Waals surface area contributed by atoms with Crippen molar-refractivity contribution in [2.75, 3.05) is 6.54 Å². The van der Waals surface area contributed by atoms with Crippen molar-refractivity contribution < 1.29 is 4.79 Å². The third-order valence-corrected chi connectivity index (χ3v) is 3.76. The molecule has 2 fully saturated rings. The van der Waals surface area contributed by atoms with Crippen LogP contribution in [0, 0.1) is 17.8 Å². The number of carbonyl (C=O) groups is 1. The van der Waals surface area contributed by atoms with Crippen molar-refractivity contribution >= 4 is 5.91 Å². The van der Waals surface area contributed by atoms with Crippen LogP contribution in [0.3, 0.4) is 0 Å². The van der Waals surface area contributed by atoms with Crippen LogP contribution in [0.1, 0.15) is 19.8 Å². The molecule has 3 aliphatic rings. The maximum absolute atomic E-state index is 11.5. The second kappa shape index (κ2) is 2.72. The van der Waals surface area contributed by atoms with Gasteiger partial charge >= 0.3 is 0 Å². The fourth-order valence-corrected chi connectivity index (χ4v) is 2.66. The van der Waals surface area contributed by atoms with E-state index in [-0.39, 0.29) is 0 Å². The van der Waals surface area contributed by atoms with E-state index >= 15 is 0 Å². The number of rotatable bonds is 1. The average molecular weight is 189 g/mol. The largest absolute Gasteiger partial charge is 0.313 e. The highest BCUT2D eigenvalue weighted by Gasteiger charge is 2.45. The summed E-state index contributed by atoms with van der Waals surface area (Å²) in [5, 5.41) is 0. The minimum atomic E-state index is 0.299. The minimum Gasteiger partial charge on any atom is -0.313 e. The number of likely N-dealkylation sites (tertiary alicyclic amines) is 1. The molecular weight excluding hydrogens is 174 g/mol. The van der Waals surface area contributed by atoms with E-state index in [1.54, 1.807) is 0 Å². The van der Waals surface area contributed by atoms with Gasteiger partial charge in [0.15, 0.2) is 0 Å². The molecule has 2 heteroatoms. The van der Waals surface area contributed by atoms with Crippen molar-refractivity contribution in [2.24, 2.45) is 17.8 Å². The molecule has 2 aliphatic carbocycles. The molecule has 0 aromatic rings. The Morgan fingerprint density at radius 2 is 2.29 bits per heavy atom. The number of allylic oxidation sites excluding steroid dienone is 3. The van der Waals surface area contributed by atoms with Gasteiger partial charge in [-0.1, -0.05) is 19.1 Å². The van der Waals surface area contributed by atoms with Crippen LogP contribution < -0.4 is 0 Å². The zero-order valence-corrected chi connectivity index (χ0v) is 8.44. The SMILES string of the molecule is CC1C2C=CC(N3CCCC3=O)=CC12. The Labute approximate surface area is 84.3 Å². The molecule has 1 amide bonds. The zero-order valence-electron chi connectivity index (χ0n) is 8.44. The molecule has 1 heterocycles. The van der Waals surface area contributed by atoms with Crippen LogP contribution in [0.2, 0.25) is 0 Å². The maximum atomic E-state index is 11.5. The first kappa shape index (κ1) is 8.27. The highest BCUT2D eigenvalue weighted by atomic mass is 16.2. The molecule has 3 rings (SSSR count). The first-order valence-electron chi connectivity index (χ1n) is 5.48. The van der Waals surface area contributed by atoms with Gasteiger partial charge in [0.2, 0.25) is 5.91 Å². The topological polar surface area (TPSA) is 20.3 Å². The molecule has 74 valence electrons. The first-order valence-corrected chi connectivity index (χ1v) is 5.48. The summed E-state index contributed by atoms with van der Waals surface area (Å²) in [6.07, 6.45) is 8.45. The summed E-state index contributed by atoms with van der Waals surface area (Å²) in [4.78, 5) is 13.5. The van der Waals surface area contributed by atoms with Gasteiger partial charge in [0.05, 0.1) is 0 Å². The van der Waals surface area contributed by atoms with Crippen LogP contribution in [0.4, 0.5) is 0 Å². The average Bonchev–Trinajstić information content (AvgIpc) is 2.64. The highest BCUT2D eigenvalue weighted by Crippen LogP contribution is 2.51. The summed E-state index contributed by atoms with van der Waals surface area (Å²) < 4.78 is 0. The number of hydrogen-bond acceptors (Lipinski definition) is 1. The van der Waals surface area contributed by atoms with Gasteiger partial charge in [-0.2, -0.15) is 0 Å². The van der Waals surface area contributed by atoms with Gasteiger partial charge in [0.25, 0.3) is 0 Å². The van der Waals surface area contributed by atoms with Crippen molar-refractivity contribution in [1.29, 1.82) is 0 Å². The Hall–Kier alpha value is -1.05. The Balaban J connectivity index is 1.83. The number of fused-ring (bicyclic) bond motifs is 1. The van der Waals surface area contributed by atoms with Crippen molar-refractivity contribution in [1.82, 2.24) is 4.90 Å². The van der Waals surface area contributed by atoms with Gasteiger partial charge in [0.1, 0.15) is 0 Å². The molecule has 0 bridgehead atoms. The van der Waals surface area contributed by atoms with Crippen molar-refractivity contribution in [2.45, 2.75) is 19.8 Å². The quantitative estimate of drug-likeness (QED) is 0.617. The molecule has 0 spiro atoms.